The third-order valence-electron chi connectivity index (χ3n) is 15.2. The Balaban J connectivity index is 1.04. The normalized spacial score (nSPS) is 25.3. The lowest BCUT2D eigenvalue weighted by molar-refractivity contribution is -0.205. The van der Waals surface area contributed by atoms with Gasteiger partial charge in [-0.05, 0) is 112 Å². The Morgan fingerprint density at radius 3 is 2.10 bits per heavy atom. The largest absolute Gasteiger partial charge is 0.456 e. The van der Waals surface area contributed by atoms with Gasteiger partial charge in [-0.15, -0.1) is 0 Å². The second-order valence-corrected chi connectivity index (χ2v) is 23.6. The summed E-state index contributed by atoms with van der Waals surface area (Å²) in [4.78, 5) is 90.0. The van der Waals surface area contributed by atoms with Crippen molar-refractivity contribution in [2.75, 3.05) is 59.0 Å². The standard InChI is InChI=1S/C51H70F3N7O10/c1-32(68-30-48-16-14-35(15-17-48)69-31-48)38(41(64)57-20-21-61(47(8,9)26-57)44(67)71-46(5,6)7)56-39(62)37-25-58(27-49(37)28-59(29-49)43(66)50(18-19-50)51(52,53)54)40(63)34-22-55-60(24-34)23-33-12-10-11-13-36(33)42(65)70-45(2,3)4/h10-13,22,24,32,35,37-38H,14-21,23,25-31H2,1-9H3,(H,56,62)/t32-,35?,37+,38+,48?/m1/s1. The molecule has 2 bridgehead atoms. The van der Waals surface area contributed by atoms with E-state index in [2.05, 4.69) is 10.4 Å². The number of nitrogens with one attached hydrogen (secondary N) is 1. The molecule has 3 atom stereocenters. The first kappa shape index (κ1) is 52.1. The van der Waals surface area contributed by atoms with Crippen molar-refractivity contribution in [2.45, 2.75) is 149 Å². The molecule has 0 unspecified atom stereocenters. The number of fused-ring (bicyclic) bond motifs is 3. The highest BCUT2D eigenvalue weighted by atomic mass is 19.4. The molecule has 71 heavy (non-hydrogen) atoms. The second-order valence-electron chi connectivity index (χ2n) is 23.6. The number of amides is 5. The number of benzene rings is 1. The van der Waals surface area contributed by atoms with Gasteiger partial charge < -0.3 is 39.0 Å². The first-order valence-corrected chi connectivity index (χ1v) is 24.9. The lowest BCUT2D eigenvalue weighted by atomic mass is 9.70. The zero-order valence-corrected chi connectivity index (χ0v) is 42.5. The molecule has 1 aromatic heterocycles. The number of hydrogen-bond acceptors (Lipinski definition) is 11. The number of hydrogen-bond donors (Lipinski definition) is 1. The van der Waals surface area contributed by atoms with Gasteiger partial charge in [0.25, 0.3) is 5.91 Å². The number of nitrogens with zero attached hydrogens (tertiary/aromatic N) is 6. The van der Waals surface area contributed by atoms with E-state index < -0.39 is 87.5 Å². The van der Waals surface area contributed by atoms with Crippen molar-refractivity contribution in [3.05, 3.63) is 53.3 Å². The van der Waals surface area contributed by atoms with Crippen LogP contribution in [0.1, 0.15) is 127 Å². The van der Waals surface area contributed by atoms with E-state index in [1.54, 1.807) is 82.5 Å². The van der Waals surface area contributed by atoms with Gasteiger partial charge in [-0.25, -0.2) is 9.59 Å². The number of ether oxygens (including phenoxy) is 4. The van der Waals surface area contributed by atoms with Gasteiger partial charge in [-0.3, -0.25) is 28.8 Å². The van der Waals surface area contributed by atoms with Gasteiger partial charge >= 0.3 is 18.2 Å². The van der Waals surface area contributed by atoms with Crippen LogP contribution in [0.4, 0.5) is 18.0 Å². The molecule has 1 N–H and O–H groups in total. The number of halogens is 3. The molecule has 2 saturated carbocycles. The quantitative estimate of drug-likeness (QED) is 0.253. The second kappa shape index (κ2) is 18.7. The number of piperazine rings is 1. The summed E-state index contributed by atoms with van der Waals surface area (Å²) >= 11 is 0. The summed E-state index contributed by atoms with van der Waals surface area (Å²) in [7, 11) is 0. The van der Waals surface area contributed by atoms with Gasteiger partial charge in [0.1, 0.15) is 22.7 Å². The molecule has 2 aromatic rings. The van der Waals surface area contributed by atoms with Gasteiger partial charge in [-0.2, -0.15) is 18.3 Å². The summed E-state index contributed by atoms with van der Waals surface area (Å²) in [6.07, 6.45) is -0.0548. The van der Waals surface area contributed by atoms with E-state index in [-0.39, 0.29) is 88.9 Å². The van der Waals surface area contributed by atoms with Crippen LogP contribution < -0.4 is 5.32 Å². The Morgan fingerprint density at radius 2 is 1.51 bits per heavy atom. The average molecular weight is 998 g/mol. The Bertz CT molecular complexity index is 2380. The first-order chi connectivity index (χ1) is 33.0. The highest BCUT2D eigenvalue weighted by molar-refractivity contribution is 5.96. The van der Waals surface area contributed by atoms with E-state index in [0.29, 0.717) is 17.7 Å². The van der Waals surface area contributed by atoms with E-state index in [1.807, 2.05) is 13.8 Å². The molecule has 5 saturated heterocycles. The molecule has 1 aromatic carbocycles. The molecule has 7 fully saturated rings. The van der Waals surface area contributed by atoms with Crippen LogP contribution >= 0.6 is 0 Å². The number of carbonyl (C=O) groups is 6. The molecule has 17 nitrogen and oxygen atoms in total. The van der Waals surface area contributed by atoms with E-state index in [9.17, 15) is 37.1 Å². The Hall–Kier alpha value is -5.24. The summed E-state index contributed by atoms with van der Waals surface area (Å²) in [5.74, 6) is -4.16. The van der Waals surface area contributed by atoms with Crippen LogP contribution in [0.3, 0.4) is 0 Å². The average Bonchev–Trinajstić information content (AvgIpc) is 3.82. The van der Waals surface area contributed by atoms with E-state index in [0.717, 1.165) is 30.6 Å². The van der Waals surface area contributed by atoms with Crippen LogP contribution in [0, 0.1) is 22.2 Å². The molecule has 6 heterocycles. The lowest BCUT2D eigenvalue weighted by Crippen LogP contribution is -2.68. The zero-order chi connectivity index (χ0) is 51.7. The van der Waals surface area contributed by atoms with Gasteiger partial charge in [0.05, 0.1) is 60.7 Å². The summed E-state index contributed by atoms with van der Waals surface area (Å²) in [5.41, 5.74) is -5.10. The molecule has 0 radical (unpaired) electrons. The van der Waals surface area contributed by atoms with Crippen LogP contribution in [-0.4, -0.2) is 165 Å². The van der Waals surface area contributed by atoms with Crippen molar-refractivity contribution >= 4 is 35.7 Å². The first-order valence-electron chi connectivity index (χ1n) is 24.9. The van der Waals surface area contributed by atoms with Gasteiger partial charge in [0.2, 0.25) is 17.7 Å². The Labute approximate surface area is 413 Å². The van der Waals surface area contributed by atoms with E-state index in [1.165, 1.54) is 22.0 Å². The third-order valence-corrected chi connectivity index (χ3v) is 15.2. The molecule has 20 heteroatoms. The van der Waals surface area contributed by atoms with Crippen molar-refractivity contribution < 1.29 is 60.9 Å². The minimum absolute atomic E-state index is 0.0611. The maximum atomic E-state index is 15.0. The molecule has 2 aliphatic carbocycles. The molecule has 7 aliphatic rings. The summed E-state index contributed by atoms with van der Waals surface area (Å²) in [6.45, 7) is 16.7. The summed E-state index contributed by atoms with van der Waals surface area (Å²) in [5, 5.41) is 7.41. The molecular weight excluding hydrogens is 928 g/mol. The number of rotatable bonds is 12. The topological polar surface area (TPSA) is 182 Å². The maximum absolute atomic E-state index is 15.0. The fraction of sp³-hybridized carbons (Fsp3) is 0.706. The van der Waals surface area contributed by atoms with Crippen molar-refractivity contribution in [3.8, 4) is 0 Å². The van der Waals surface area contributed by atoms with Crippen molar-refractivity contribution in [3.63, 3.8) is 0 Å². The number of alkyl halides is 3. The van der Waals surface area contributed by atoms with Crippen molar-refractivity contribution in [2.24, 2.45) is 22.2 Å². The summed E-state index contributed by atoms with van der Waals surface area (Å²) in [6, 6.07) is 5.65. The minimum Gasteiger partial charge on any atom is -0.456 e. The smallest absolute Gasteiger partial charge is 0.410 e. The molecule has 5 aliphatic heterocycles. The van der Waals surface area contributed by atoms with E-state index in [4.69, 9.17) is 18.9 Å². The molecule has 5 amide bonds. The fourth-order valence-electron chi connectivity index (χ4n) is 11.0. The lowest BCUT2D eigenvalue weighted by Gasteiger charge is -2.51. The van der Waals surface area contributed by atoms with Crippen LogP contribution in [-0.2, 0) is 39.9 Å². The Morgan fingerprint density at radius 1 is 0.859 bits per heavy atom. The minimum atomic E-state index is -4.74. The number of aromatic nitrogens is 2. The number of carbonyl (C=O) groups excluding carboxylic acids is 6. The SMILES string of the molecule is C[C@@H](OCC12CCC(CC1)OC2)[C@H](NC(=O)[C@@H]1CN(C(=O)c2cnn(Cc3ccccc3C(=O)OC(C)(C)C)c2)CC12CN(C(=O)C1(C(F)(F)F)CC1)C2)C(=O)N1CCN(C(=O)OC(C)(C)C)C(C)(C)C1. The van der Waals surface area contributed by atoms with Gasteiger partial charge in [0, 0.05) is 62.8 Å². The Kier molecular flexibility index (Phi) is 13.7. The number of esters is 1. The molecule has 1 spiro atoms. The fourth-order valence-corrected chi connectivity index (χ4v) is 11.0. The van der Waals surface area contributed by atoms with Crippen LogP contribution in [0.15, 0.2) is 36.7 Å². The highest BCUT2D eigenvalue weighted by Gasteiger charge is 2.72. The zero-order valence-electron chi connectivity index (χ0n) is 42.5. The van der Waals surface area contributed by atoms with Crippen molar-refractivity contribution in [1.29, 1.82) is 0 Å². The monoisotopic (exact) mass is 998 g/mol. The molecule has 9 rings (SSSR count). The van der Waals surface area contributed by atoms with Crippen molar-refractivity contribution in [1.82, 2.24) is 34.7 Å². The van der Waals surface area contributed by atoms with Crippen LogP contribution in [0.25, 0.3) is 0 Å². The van der Waals surface area contributed by atoms with E-state index >= 15 is 4.79 Å². The summed E-state index contributed by atoms with van der Waals surface area (Å²) < 4.78 is 68.1. The van der Waals surface area contributed by atoms with Gasteiger partial charge in [0.15, 0.2) is 0 Å². The highest BCUT2D eigenvalue weighted by Crippen LogP contribution is 2.60. The number of likely N-dealkylation sites (tertiary alicyclic amines) is 2. The molecule has 390 valence electrons. The van der Waals surface area contributed by atoms with Crippen LogP contribution in [0.2, 0.25) is 0 Å². The predicted molar refractivity (Wildman–Crippen MR) is 251 cm³/mol. The van der Waals surface area contributed by atoms with Crippen LogP contribution in [0.5, 0.6) is 0 Å². The predicted octanol–water partition coefficient (Wildman–Crippen LogP) is 5.84. The van der Waals surface area contributed by atoms with Gasteiger partial charge in [-0.1, -0.05) is 18.2 Å². The molecular formula is C51H70F3N7O10. The third kappa shape index (κ3) is 10.8. The maximum Gasteiger partial charge on any atom is 0.410 e.